The van der Waals surface area contributed by atoms with Crippen molar-refractivity contribution >= 4 is 34.4 Å². The van der Waals surface area contributed by atoms with Crippen molar-refractivity contribution in [3.05, 3.63) is 15.8 Å². The average Bonchev–Trinajstić information content (AvgIpc) is 2.46. The molecule has 1 atom stereocenters. The molecule has 1 unspecified atom stereocenters. The van der Waals surface area contributed by atoms with Crippen LogP contribution in [0.15, 0.2) is 6.07 Å². The molecule has 0 radical (unpaired) electrons. The van der Waals surface area contributed by atoms with Crippen LogP contribution >= 0.6 is 11.3 Å². The van der Waals surface area contributed by atoms with Gasteiger partial charge in [-0.1, -0.05) is 0 Å². The zero-order chi connectivity index (χ0) is 11.6. The van der Waals surface area contributed by atoms with E-state index in [9.17, 15) is 9.00 Å². The van der Waals surface area contributed by atoms with Crippen LogP contribution in [0.25, 0.3) is 0 Å². The number of carbonyl (C=O) groups is 1. The largest absolute Gasteiger partial charge is 0.477 e. The number of anilines is 1. The quantitative estimate of drug-likeness (QED) is 0.618. The lowest BCUT2D eigenvalue weighted by molar-refractivity contribution is 0.0701. The summed E-state index contributed by atoms with van der Waals surface area (Å²) in [5.41, 5.74) is 0.257. The normalized spacial score (nSPS) is 12.5. The lowest BCUT2D eigenvalue weighted by atomic mass is 10.3. The van der Waals surface area contributed by atoms with E-state index in [4.69, 9.17) is 9.66 Å². The Hall–Kier alpha value is -0.960. The van der Waals surface area contributed by atoms with Crippen molar-refractivity contribution in [2.45, 2.75) is 6.92 Å². The smallest absolute Gasteiger partial charge is 0.348 e. The molecule has 15 heavy (non-hydrogen) atoms. The highest BCUT2D eigenvalue weighted by Gasteiger charge is 2.18. The van der Waals surface area contributed by atoms with Crippen molar-refractivity contribution in [3.8, 4) is 0 Å². The molecule has 1 rings (SSSR count). The lowest BCUT2D eigenvalue weighted by Crippen LogP contribution is -2.20. The number of rotatable bonds is 4. The minimum absolute atomic E-state index is 0.0699. The predicted octanol–water partition coefficient (Wildman–Crippen LogP) is 1.26. The van der Waals surface area contributed by atoms with Gasteiger partial charge in [0.25, 0.3) is 0 Å². The fourth-order valence-corrected chi connectivity index (χ4v) is 2.17. The molecule has 1 aromatic rings. The van der Waals surface area contributed by atoms with Crippen molar-refractivity contribution in [2.24, 2.45) is 0 Å². The third-order valence-corrected chi connectivity index (χ3v) is 2.92. The molecule has 84 valence electrons. The van der Waals surface area contributed by atoms with E-state index in [1.54, 1.807) is 13.0 Å². The third-order valence-electron chi connectivity index (χ3n) is 1.54. The Morgan fingerprint density at radius 3 is 2.73 bits per heavy atom. The van der Waals surface area contributed by atoms with Gasteiger partial charge in [0.05, 0.1) is 5.69 Å². The Kier molecular flexibility index (Phi) is 3.80. The summed E-state index contributed by atoms with van der Waals surface area (Å²) in [7, 11) is 1.36. The molecule has 1 aromatic heterocycles. The van der Waals surface area contributed by atoms with Crippen molar-refractivity contribution < 1.29 is 22.9 Å². The summed E-state index contributed by atoms with van der Waals surface area (Å²) in [6, 6.07) is 1.57. The van der Waals surface area contributed by atoms with Gasteiger partial charge >= 0.3 is 17.3 Å². The van der Waals surface area contributed by atoms with E-state index in [2.05, 4.69) is 4.28 Å². The van der Waals surface area contributed by atoms with Gasteiger partial charge in [-0.2, -0.15) is 4.21 Å². The first-order chi connectivity index (χ1) is 6.91. The number of carboxylic acid groups (broad SMARTS) is 1. The second-order valence-corrected chi connectivity index (χ2v) is 4.51. The zero-order valence-corrected chi connectivity index (χ0v) is 9.59. The average molecular weight is 251 g/mol. The number of hydrogen-bond acceptors (Lipinski definition) is 5. The maximum atomic E-state index is 10.8. The van der Waals surface area contributed by atoms with Crippen LogP contribution in [0.3, 0.4) is 0 Å². The van der Waals surface area contributed by atoms with Crippen molar-refractivity contribution in [2.75, 3.05) is 12.1 Å². The Labute approximate surface area is 92.5 Å². The van der Waals surface area contributed by atoms with E-state index in [-0.39, 0.29) is 10.6 Å². The van der Waals surface area contributed by atoms with E-state index in [1.165, 1.54) is 7.05 Å². The highest BCUT2D eigenvalue weighted by molar-refractivity contribution is 7.74. The molecule has 0 saturated carbocycles. The van der Waals surface area contributed by atoms with Crippen LogP contribution in [0.1, 0.15) is 14.5 Å². The van der Waals surface area contributed by atoms with E-state index < -0.39 is 17.3 Å². The van der Waals surface area contributed by atoms with Gasteiger partial charge in [-0.25, -0.2) is 9.86 Å². The number of aromatic carboxylic acids is 1. The van der Waals surface area contributed by atoms with E-state index in [0.717, 1.165) is 21.3 Å². The maximum Gasteiger partial charge on any atom is 0.348 e. The molecule has 2 N–H and O–H groups in total. The van der Waals surface area contributed by atoms with Crippen LogP contribution in [0.4, 0.5) is 5.69 Å². The summed E-state index contributed by atoms with van der Waals surface area (Å²) in [6.45, 7) is 1.74. The summed E-state index contributed by atoms with van der Waals surface area (Å²) in [6.07, 6.45) is 0. The standard InChI is InChI=1S/C7H9NO5S2/c1-4-3-5(6(14-4)7(9)10)8(2)13-15(11)12/h3H,1-2H3,(H,9,10)(H,11,12). The van der Waals surface area contributed by atoms with Gasteiger partial charge in [-0.15, -0.1) is 15.6 Å². The molecule has 0 spiro atoms. The Bertz CT molecular complexity index is 402. The summed E-state index contributed by atoms with van der Waals surface area (Å²) >= 11 is -1.39. The van der Waals surface area contributed by atoms with Crippen LogP contribution in [0.5, 0.6) is 0 Å². The molecular formula is C7H9NO5S2. The van der Waals surface area contributed by atoms with Gasteiger partial charge in [-0.3, -0.25) is 4.55 Å². The van der Waals surface area contributed by atoms with Crippen LogP contribution in [0, 0.1) is 6.92 Å². The van der Waals surface area contributed by atoms with Gasteiger partial charge in [0.15, 0.2) is 0 Å². The van der Waals surface area contributed by atoms with Crippen LogP contribution in [0.2, 0.25) is 0 Å². The molecule has 0 aliphatic rings. The number of hydroxylamine groups is 1. The number of nitrogens with zero attached hydrogens (tertiary/aromatic N) is 1. The Morgan fingerprint density at radius 1 is 1.67 bits per heavy atom. The molecule has 1 heterocycles. The van der Waals surface area contributed by atoms with Crippen molar-refractivity contribution in [1.82, 2.24) is 0 Å². The first-order valence-corrected chi connectivity index (χ1v) is 5.63. The van der Waals surface area contributed by atoms with Crippen LogP contribution < -0.4 is 5.06 Å². The van der Waals surface area contributed by atoms with Gasteiger partial charge in [0.2, 0.25) is 0 Å². The van der Waals surface area contributed by atoms with Gasteiger partial charge in [0.1, 0.15) is 4.88 Å². The molecule has 8 heteroatoms. The number of carboxylic acids is 1. The molecule has 6 nitrogen and oxygen atoms in total. The predicted molar refractivity (Wildman–Crippen MR) is 56.3 cm³/mol. The highest BCUT2D eigenvalue weighted by Crippen LogP contribution is 2.29. The fraction of sp³-hybridized carbons (Fsp3) is 0.286. The molecule has 0 fully saturated rings. The molecule has 0 bridgehead atoms. The molecule has 0 saturated heterocycles. The topological polar surface area (TPSA) is 87.1 Å². The summed E-state index contributed by atoms with van der Waals surface area (Å²) < 4.78 is 23.3. The van der Waals surface area contributed by atoms with E-state index in [1.807, 2.05) is 0 Å². The van der Waals surface area contributed by atoms with Crippen LogP contribution in [-0.4, -0.2) is 26.9 Å². The summed E-state index contributed by atoms with van der Waals surface area (Å²) in [4.78, 5) is 11.7. The van der Waals surface area contributed by atoms with Crippen LogP contribution in [-0.2, 0) is 15.6 Å². The first-order valence-electron chi connectivity index (χ1n) is 3.78. The Balaban J connectivity index is 3.01. The van der Waals surface area contributed by atoms with E-state index in [0.29, 0.717) is 0 Å². The highest BCUT2D eigenvalue weighted by atomic mass is 32.2. The number of hydrogen-bond donors (Lipinski definition) is 2. The molecule has 0 aliphatic carbocycles. The summed E-state index contributed by atoms with van der Waals surface area (Å²) in [5, 5.41) is 9.81. The second-order valence-electron chi connectivity index (χ2n) is 2.67. The lowest BCUT2D eigenvalue weighted by Gasteiger charge is -2.13. The first kappa shape index (κ1) is 12.1. The second kappa shape index (κ2) is 4.71. The van der Waals surface area contributed by atoms with Crippen molar-refractivity contribution in [1.29, 1.82) is 0 Å². The molecule has 0 aromatic carbocycles. The summed E-state index contributed by atoms with van der Waals surface area (Å²) in [5.74, 6) is -1.10. The molecule has 0 amide bonds. The Morgan fingerprint density at radius 2 is 2.27 bits per heavy atom. The minimum atomic E-state index is -2.47. The minimum Gasteiger partial charge on any atom is -0.477 e. The van der Waals surface area contributed by atoms with Gasteiger partial charge < -0.3 is 5.11 Å². The van der Waals surface area contributed by atoms with Gasteiger partial charge in [0, 0.05) is 11.9 Å². The monoisotopic (exact) mass is 251 g/mol. The molecular weight excluding hydrogens is 242 g/mol. The van der Waals surface area contributed by atoms with E-state index >= 15 is 0 Å². The number of thiophene rings is 1. The number of aryl methyl sites for hydroxylation is 1. The maximum absolute atomic E-state index is 10.8. The van der Waals surface area contributed by atoms with Crippen molar-refractivity contribution in [3.63, 3.8) is 0 Å². The molecule has 0 aliphatic heterocycles. The third kappa shape index (κ3) is 2.99. The zero-order valence-electron chi connectivity index (χ0n) is 7.96. The fourth-order valence-electron chi connectivity index (χ4n) is 1.02. The SMILES string of the molecule is Cc1cc(N(C)OS(=O)O)c(C(=O)O)s1. The van der Waals surface area contributed by atoms with Gasteiger partial charge in [-0.05, 0) is 13.0 Å².